The molecule has 0 radical (unpaired) electrons. The Labute approximate surface area is 129 Å². The van der Waals surface area contributed by atoms with Gasteiger partial charge in [0.15, 0.2) is 0 Å². The maximum absolute atomic E-state index is 12.8. The lowest BCUT2D eigenvalue weighted by Crippen LogP contribution is -2.14. The highest BCUT2D eigenvalue weighted by Gasteiger charge is 2.33. The van der Waals surface area contributed by atoms with Crippen molar-refractivity contribution < 1.29 is 23.1 Å². The first-order valence-electron chi connectivity index (χ1n) is 6.16. The van der Waals surface area contributed by atoms with E-state index in [0.717, 1.165) is 17.7 Å². The van der Waals surface area contributed by atoms with Crippen molar-refractivity contribution in [3.63, 3.8) is 0 Å². The summed E-state index contributed by atoms with van der Waals surface area (Å²) in [4.78, 5) is 12.0. The summed E-state index contributed by atoms with van der Waals surface area (Å²) in [6, 6.07) is 7.43. The molecule has 2 N–H and O–H groups in total. The largest absolute Gasteiger partial charge is 0.507 e. The van der Waals surface area contributed by atoms with Gasteiger partial charge >= 0.3 is 6.18 Å². The number of benzene rings is 2. The number of hydrogen-bond donors (Lipinski definition) is 2. The molecule has 7 heteroatoms. The van der Waals surface area contributed by atoms with E-state index in [1.165, 1.54) is 18.2 Å². The highest BCUT2D eigenvalue weighted by atomic mass is 35.5. The topological polar surface area (TPSA) is 49.3 Å². The van der Waals surface area contributed by atoms with Gasteiger partial charge in [-0.3, -0.25) is 4.79 Å². The summed E-state index contributed by atoms with van der Waals surface area (Å²) in [6.45, 7) is 1.72. The zero-order valence-corrected chi connectivity index (χ0v) is 12.1. The van der Waals surface area contributed by atoms with Crippen molar-refractivity contribution in [3.8, 4) is 5.75 Å². The van der Waals surface area contributed by atoms with Crippen molar-refractivity contribution in [2.75, 3.05) is 5.32 Å². The molecular weight excluding hydrogens is 319 g/mol. The van der Waals surface area contributed by atoms with Crippen LogP contribution in [0.5, 0.6) is 5.75 Å². The van der Waals surface area contributed by atoms with Crippen molar-refractivity contribution >= 4 is 23.2 Å². The fraction of sp³-hybridized carbons (Fsp3) is 0.133. The van der Waals surface area contributed by atoms with Gasteiger partial charge in [0.2, 0.25) is 0 Å². The average Bonchev–Trinajstić information content (AvgIpc) is 2.42. The Balaban J connectivity index is 2.31. The van der Waals surface area contributed by atoms with Gasteiger partial charge in [-0.15, -0.1) is 0 Å². The quantitative estimate of drug-likeness (QED) is 0.844. The predicted molar refractivity (Wildman–Crippen MR) is 77.3 cm³/mol. The molecule has 3 nitrogen and oxygen atoms in total. The van der Waals surface area contributed by atoms with Gasteiger partial charge in [-0.05, 0) is 37.3 Å². The maximum Gasteiger partial charge on any atom is 0.417 e. The van der Waals surface area contributed by atoms with Crippen LogP contribution in [0.3, 0.4) is 0 Å². The van der Waals surface area contributed by atoms with Crippen LogP contribution in [0, 0.1) is 6.92 Å². The molecule has 0 saturated heterocycles. The summed E-state index contributed by atoms with van der Waals surface area (Å²) in [7, 11) is 0. The second kappa shape index (κ2) is 5.88. The van der Waals surface area contributed by atoms with E-state index in [1.807, 2.05) is 0 Å². The van der Waals surface area contributed by atoms with Gasteiger partial charge in [0.1, 0.15) is 5.75 Å². The summed E-state index contributed by atoms with van der Waals surface area (Å²) in [5, 5.41) is 11.5. The number of aryl methyl sites for hydroxylation is 1. The molecule has 22 heavy (non-hydrogen) atoms. The zero-order valence-electron chi connectivity index (χ0n) is 11.3. The molecule has 1 amide bonds. The minimum Gasteiger partial charge on any atom is -0.507 e. The van der Waals surface area contributed by atoms with E-state index in [-0.39, 0.29) is 17.0 Å². The Morgan fingerprint density at radius 2 is 1.86 bits per heavy atom. The monoisotopic (exact) mass is 329 g/mol. The van der Waals surface area contributed by atoms with Gasteiger partial charge in [0.05, 0.1) is 16.1 Å². The van der Waals surface area contributed by atoms with Gasteiger partial charge in [-0.1, -0.05) is 23.2 Å². The summed E-state index contributed by atoms with van der Waals surface area (Å²) >= 11 is 5.51. The molecule has 116 valence electrons. The Bertz CT molecular complexity index is 729. The molecule has 0 aliphatic rings. The van der Waals surface area contributed by atoms with Crippen LogP contribution in [-0.2, 0) is 6.18 Å². The normalized spacial score (nSPS) is 11.3. The SMILES string of the molecule is Cc1ccc(O)c(C(=O)Nc2ccc(Cl)c(C(F)(F)F)c2)c1. The van der Waals surface area contributed by atoms with Crippen LogP contribution in [0.25, 0.3) is 0 Å². The van der Waals surface area contributed by atoms with Crippen LogP contribution in [0.4, 0.5) is 18.9 Å². The van der Waals surface area contributed by atoms with Crippen LogP contribution in [0.2, 0.25) is 5.02 Å². The molecule has 0 heterocycles. The Hall–Kier alpha value is -2.21. The molecule has 0 saturated carbocycles. The number of carbonyl (C=O) groups excluding carboxylic acids is 1. The number of nitrogens with one attached hydrogen (secondary N) is 1. The van der Waals surface area contributed by atoms with E-state index in [1.54, 1.807) is 13.0 Å². The molecule has 0 fully saturated rings. The number of carbonyl (C=O) groups is 1. The van der Waals surface area contributed by atoms with Gasteiger partial charge in [-0.2, -0.15) is 13.2 Å². The van der Waals surface area contributed by atoms with Gasteiger partial charge in [-0.25, -0.2) is 0 Å². The first-order chi connectivity index (χ1) is 10.2. The second-order valence-corrected chi connectivity index (χ2v) is 5.07. The summed E-state index contributed by atoms with van der Waals surface area (Å²) < 4.78 is 38.3. The average molecular weight is 330 g/mol. The molecule has 0 aliphatic heterocycles. The second-order valence-electron chi connectivity index (χ2n) is 4.67. The molecule has 0 spiro atoms. The molecular formula is C15H11ClF3NO2. The van der Waals surface area contributed by atoms with Crippen LogP contribution in [0.15, 0.2) is 36.4 Å². The third-order valence-electron chi connectivity index (χ3n) is 2.93. The van der Waals surface area contributed by atoms with Gasteiger partial charge in [0, 0.05) is 5.69 Å². The summed E-state index contributed by atoms with van der Waals surface area (Å²) in [5.74, 6) is -0.968. The zero-order chi connectivity index (χ0) is 16.5. The van der Waals surface area contributed by atoms with E-state index in [0.29, 0.717) is 0 Å². The molecule has 2 rings (SSSR count). The molecule has 0 atom stereocenters. The number of aromatic hydroxyl groups is 1. The first kappa shape index (κ1) is 16.2. The van der Waals surface area contributed by atoms with Crippen LogP contribution >= 0.6 is 11.6 Å². The molecule has 2 aromatic carbocycles. The highest BCUT2D eigenvalue weighted by molar-refractivity contribution is 6.31. The van der Waals surface area contributed by atoms with Crippen LogP contribution in [0.1, 0.15) is 21.5 Å². The molecule has 0 bridgehead atoms. The number of rotatable bonds is 2. The maximum atomic E-state index is 12.8. The van der Waals surface area contributed by atoms with E-state index >= 15 is 0 Å². The number of anilines is 1. The van der Waals surface area contributed by atoms with E-state index in [9.17, 15) is 23.1 Å². The molecule has 0 aliphatic carbocycles. The number of amides is 1. The lowest BCUT2D eigenvalue weighted by atomic mass is 10.1. The van der Waals surface area contributed by atoms with Crippen molar-refractivity contribution in [1.82, 2.24) is 0 Å². The highest BCUT2D eigenvalue weighted by Crippen LogP contribution is 2.36. The third-order valence-corrected chi connectivity index (χ3v) is 3.26. The lowest BCUT2D eigenvalue weighted by molar-refractivity contribution is -0.137. The van der Waals surface area contributed by atoms with Gasteiger partial charge < -0.3 is 10.4 Å². The fourth-order valence-electron chi connectivity index (χ4n) is 1.85. The van der Waals surface area contributed by atoms with Crippen molar-refractivity contribution in [3.05, 3.63) is 58.1 Å². The number of phenols is 1. The van der Waals surface area contributed by atoms with Gasteiger partial charge in [0.25, 0.3) is 5.91 Å². The fourth-order valence-corrected chi connectivity index (χ4v) is 2.08. The first-order valence-corrected chi connectivity index (χ1v) is 6.54. The standard InChI is InChI=1S/C15H11ClF3NO2/c1-8-2-5-13(21)10(6-8)14(22)20-9-3-4-12(16)11(7-9)15(17,18)19/h2-7,21H,1H3,(H,20,22). The van der Waals surface area contributed by atoms with E-state index < -0.39 is 22.7 Å². The molecule has 2 aromatic rings. The molecule has 0 aromatic heterocycles. The lowest BCUT2D eigenvalue weighted by Gasteiger charge is -2.12. The Morgan fingerprint density at radius 3 is 2.50 bits per heavy atom. The predicted octanol–water partition coefficient (Wildman–Crippen LogP) is 4.63. The van der Waals surface area contributed by atoms with Crippen LogP contribution < -0.4 is 5.32 Å². The van der Waals surface area contributed by atoms with Crippen LogP contribution in [-0.4, -0.2) is 11.0 Å². The van der Waals surface area contributed by atoms with E-state index in [4.69, 9.17) is 11.6 Å². The summed E-state index contributed by atoms with van der Waals surface area (Å²) in [5.41, 5.74) is -0.401. The summed E-state index contributed by atoms with van der Waals surface area (Å²) in [6.07, 6.45) is -4.62. The number of phenolic OH excluding ortho intramolecular Hbond substituents is 1. The number of alkyl halides is 3. The van der Waals surface area contributed by atoms with Crippen molar-refractivity contribution in [1.29, 1.82) is 0 Å². The Morgan fingerprint density at radius 1 is 1.18 bits per heavy atom. The third kappa shape index (κ3) is 3.51. The Kier molecular flexibility index (Phi) is 4.32. The molecule has 0 unspecified atom stereocenters. The van der Waals surface area contributed by atoms with Crippen molar-refractivity contribution in [2.45, 2.75) is 13.1 Å². The van der Waals surface area contributed by atoms with Crippen molar-refractivity contribution in [2.24, 2.45) is 0 Å². The minimum atomic E-state index is -4.62. The number of hydrogen-bond acceptors (Lipinski definition) is 2. The van der Waals surface area contributed by atoms with E-state index in [2.05, 4.69) is 5.32 Å². The minimum absolute atomic E-state index is 0.0245. The smallest absolute Gasteiger partial charge is 0.417 e. The number of halogens is 4.